The summed E-state index contributed by atoms with van der Waals surface area (Å²) in [6.45, 7) is 0. The number of nitrogens with zero attached hydrogens (tertiary/aromatic N) is 3. The van der Waals surface area contributed by atoms with Crippen molar-refractivity contribution in [3.05, 3.63) is 164 Å². The van der Waals surface area contributed by atoms with Gasteiger partial charge < -0.3 is 8.83 Å². The summed E-state index contributed by atoms with van der Waals surface area (Å²) in [6.07, 6.45) is 0. The quantitative estimate of drug-likeness (QED) is 0.186. The van der Waals surface area contributed by atoms with Crippen LogP contribution in [0.25, 0.3) is 111 Å². The number of hydrogen-bond donors (Lipinski definition) is 0. The van der Waals surface area contributed by atoms with Crippen molar-refractivity contribution in [1.82, 2.24) is 15.0 Å². The zero-order chi connectivity index (χ0) is 42.0. The van der Waals surface area contributed by atoms with Crippen LogP contribution in [-0.4, -0.2) is 15.0 Å². The average molecular weight is 675 g/mol. The topological polar surface area (TPSA) is 65.0 Å². The van der Waals surface area contributed by atoms with Crippen LogP contribution in [0.1, 0.15) is 12.3 Å². The minimum Gasteiger partial charge on any atom is -0.456 e. The van der Waals surface area contributed by atoms with Crippen molar-refractivity contribution in [3.63, 3.8) is 0 Å². The van der Waals surface area contributed by atoms with Crippen LogP contribution in [0, 0.1) is 0 Å². The molecular weight excluding hydrogens is 639 g/mol. The van der Waals surface area contributed by atoms with Gasteiger partial charge in [0.05, 0.1) is 12.3 Å². The molecule has 0 saturated carbocycles. The first-order chi connectivity index (χ1) is 29.5. The van der Waals surface area contributed by atoms with Gasteiger partial charge in [-0.05, 0) is 75.1 Å². The third-order valence-electron chi connectivity index (χ3n) is 9.40. The van der Waals surface area contributed by atoms with Crippen molar-refractivity contribution in [2.75, 3.05) is 0 Å². The Kier molecular flexibility index (Phi) is 4.56. The van der Waals surface area contributed by atoms with E-state index in [-0.39, 0.29) is 57.0 Å². The smallest absolute Gasteiger partial charge is 0.164 e. The highest BCUT2D eigenvalue weighted by atomic mass is 16.3. The van der Waals surface area contributed by atoms with Crippen LogP contribution >= 0.6 is 0 Å². The molecule has 11 rings (SSSR count). The van der Waals surface area contributed by atoms with Crippen molar-refractivity contribution in [1.29, 1.82) is 0 Å². The Hall–Kier alpha value is -7.11. The van der Waals surface area contributed by atoms with Crippen LogP contribution in [0.5, 0.6) is 0 Å². The van der Waals surface area contributed by atoms with Gasteiger partial charge in [-0.3, -0.25) is 0 Å². The van der Waals surface area contributed by atoms with Crippen LogP contribution < -0.4 is 0 Å². The molecule has 0 aliphatic heterocycles. The van der Waals surface area contributed by atoms with Gasteiger partial charge in [0.2, 0.25) is 0 Å². The molecule has 0 spiro atoms. The molecule has 0 bridgehead atoms. The minimum atomic E-state index is -0.579. The predicted octanol–water partition coefficient (Wildman–Crippen LogP) is 12.6. The standard InChI is InChI=1S/C47H27N3O2/c1-3-11-30-25-33(21-19-28(30)9-1)45-48-46(34-22-20-29-10-2-4-12-31(29)26-34)50-47(49-45)37-15-8-18-42-44(37)38-27-32(23-24-40(38)52-42)35-14-7-17-41-43(35)36-13-5-6-16-39(36)51-41/h1-27H/i1D,3D,9D,11D,15D,19D,21D,24D,25D. The summed E-state index contributed by atoms with van der Waals surface area (Å²) < 4.78 is 92.3. The van der Waals surface area contributed by atoms with Gasteiger partial charge >= 0.3 is 0 Å². The third-order valence-corrected chi connectivity index (χ3v) is 9.40. The highest BCUT2D eigenvalue weighted by Gasteiger charge is 2.20. The van der Waals surface area contributed by atoms with Crippen molar-refractivity contribution in [2.45, 2.75) is 0 Å². The van der Waals surface area contributed by atoms with E-state index in [9.17, 15) is 4.11 Å². The lowest BCUT2D eigenvalue weighted by atomic mass is 9.97. The van der Waals surface area contributed by atoms with E-state index in [1.165, 1.54) is 0 Å². The largest absolute Gasteiger partial charge is 0.456 e. The fraction of sp³-hybridized carbons (Fsp3) is 0. The minimum absolute atomic E-state index is 0.00767. The summed E-state index contributed by atoms with van der Waals surface area (Å²) in [7, 11) is 0. The Morgan fingerprint density at radius 3 is 2.06 bits per heavy atom. The van der Waals surface area contributed by atoms with Gasteiger partial charge in [-0.1, -0.05) is 121 Å². The molecule has 0 aliphatic rings. The highest BCUT2D eigenvalue weighted by molar-refractivity contribution is 6.16. The van der Waals surface area contributed by atoms with Gasteiger partial charge in [0.25, 0.3) is 0 Å². The van der Waals surface area contributed by atoms with Crippen molar-refractivity contribution >= 4 is 65.4 Å². The van der Waals surface area contributed by atoms with Crippen LogP contribution in [0.15, 0.2) is 172 Å². The molecule has 0 aliphatic carbocycles. The van der Waals surface area contributed by atoms with Crippen molar-refractivity contribution in [2.24, 2.45) is 0 Å². The molecule has 8 aromatic carbocycles. The molecule has 0 N–H and O–H groups in total. The maximum atomic E-state index is 9.34. The Bertz CT molecular complexity index is 3730. The van der Waals surface area contributed by atoms with Gasteiger partial charge in [0.15, 0.2) is 17.5 Å². The molecule has 52 heavy (non-hydrogen) atoms. The fourth-order valence-corrected chi connectivity index (χ4v) is 6.99. The van der Waals surface area contributed by atoms with Crippen molar-refractivity contribution in [3.8, 4) is 45.3 Å². The number of hydrogen-bond acceptors (Lipinski definition) is 5. The Balaban J connectivity index is 1.22. The maximum Gasteiger partial charge on any atom is 0.164 e. The van der Waals surface area contributed by atoms with E-state index in [0.29, 0.717) is 33.1 Å². The summed E-state index contributed by atoms with van der Waals surface area (Å²) in [5.74, 6) is -0.0713. The molecule has 0 amide bonds. The zero-order valence-electron chi connectivity index (χ0n) is 36.1. The molecule has 3 aromatic heterocycles. The molecule has 0 saturated heterocycles. The summed E-state index contributed by atoms with van der Waals surface area (Å²) >= 11 is 0. The molecule has 3 heterocycles. The van der Waals surface area contributed by atoms with E-state index in [1.54, 1.807) is 18.2 Å². The van der Waals surface area contributed by atoms with Gasteiger partial charge in [-0.25, -0.2) is 15.0 Å². The van der Waals surface area contributed by atoms with Gasteiger partial charge in [-0.2, -0.15) is 0 Å². The van der Waals surface area contributed by atoms with Crippen LogP contribution in [0.2, 0.25) is 0 Å². The van der Waals surface area contributed by atoms with Gasteiger partial charge in [0, 0.05) is 38.2 Å². The second-order valence-electron chi connectivity index (χ2n) is 12.5. The molecule has 242 valence electrons. The van der Waals surface area contributed by atoms with E-state index in [1.807, 2.05) is 91.0 Å². The van der Waals surface area contributed by atoms with Crippen LogP contribution in [0.3, 0.4) is 0 Å². The van der Waals surface area contributed by atoms with E-state index in [0.717, 1.165) is 32.7 Å². The first kappa shape index (κ1) is 21.2. The monoisotopic (exact) mass is 674 g/mol. The van der Waals surface area contributed by atoms with Gasteiger partial charge in [-0.15, -0.1) is 0 Å². The summed E-state index contributed by atoms with van der Waals surface area (Å²) in [6, 6.07) is 30.2. The lowest BCUT2D eigenvalue weighted by molar-refractivity contribution is 0.669. The molecule has 0 fully saturated rings. The van der Waals surface area contributed by atoms with Crippen LogP contribution in [-0.2, 0) is 0 Å². The number of benzene rings is 8. The SMILES string of the molecule is [2H]c1ccc2oc3c([2H])cc(-c4cccc5oc6ccccc6c45)cc3c2c1-c1nc(-c2ccc3ccccc3c2)nc(-c2c([2H])c([2H])c3c([2H])c([2H])c([2H])c([2H])c3c2[2H])n1. The molecule has 11 aromatic rings. The molecule has 0 radical (unpaired) electrons. The second-order valence-corrected chi connectivity index (χ2v) is 12.5. The summed E-state index contributed by atoms with van der Waals surface area (Å²) in [5.41, 5.74) is 4.18. The molecule has 0 atom stereocenters. The Morgan fingerprint density at radius 1 is 0.404 bits per heavy atom. The summed E-state index contributed by atoms with van der Waals surface area (Å²) in [5, 5.41) is 4.16. The second kappa shape index (κ2) is 11.2. The molecule has 0 unspecified atom stereocenters. The van der Waals surface area contributed by atoms with E-state index in [4.69, 9.17) is 32.0 Å². The van der Waals surface area contributed by atoms with E-state index in [2.05, 4.69) is 0 Å². The van der Waals surface area contributed by atoms with E-state index < -0.39 is 42.3 Å². The Morgan fingerprint density at radius 2 is 1.13 bits per heavy atom. The first-order valence-electron chi connectivity index (χ1n) is 21.1. The maximum absolute atomic E-state index is 9.34. The highest BCUT2D eigenvalue weighted by Crippen LogP contribution is 2.41. The predicted molar refractivity (Wildman–Crippen MR) is 211 cm³/mol. The Labute approximate surface area is 310 Å². The van der Waals surface area contributed by atoms with Crippen molar-refractivity contribution < 1.29 is 21.2 Å². The molecular formula is C47H27N3O2. The molecule has 5 nitrogen and oxygen atoms in total. The average Bonchev–Trinajstić information content (AvgIpc) is 3.85. The summed E-state index contributed by atoms with van der Waals surface area (Å²) in [4.78, 5) is 14.6. The lowest BCUT2D eigenvalue weighted by Gasteiger charge is -2.10. The van der Waals surface area contributed by atoms with Gasteiger partial charge in [0.1, 0.15) is 22.3 Å². The number of para-hydroxylation sites is 1. The normalized spacial score (nSPS) is 14.3. The van der Waals surface area contributed by atoms with Crippen LogP contribution in [0.4, 0.5) is 0 Å². The lowest BCUT2D eigenvalue weighted by Crippen LogP contribution is -2.00. The van der Waals surface area contributed by atoms with E-state index >= 15 is 0 Å². The fourth-order valence-electron chi connectivity index (χ4n) is 6.99. The number of rotatable bonds is 4. The number of furan rings is 2. The third kappa shape index (κ3) is 4.53. The number of fused-ring (bicyclic) bond motifs is 8. The zero-order valence-corrected chi connectivity index (χ0v) is 27.1. The first-order valence-corrected chi connectivity index (χ1v) is 16.6. The molecule has 5 heteroatoms. The number of aromatic nitrogens is 3.